The fraction of sp³-hybridized carbons (Fsp3) is 0.333. The summed E-state index contributed by atoms with van der Waals surface area (Å²) in [7, 11) is 0. The molecule has 1 aromatic carbocycles. The van der Waals surface area contributed by atoms with Gasteiger partial charge in [-0.15, -0.1) is 0 Å². The molecule has 1 aromatic rings. The molecule has 0 aliphatic carbocycles. The standard InChI is InChI=1S/C15H19N3O5/c1-2-17-13(20)9-5-3-4-6-10(9)14(21)18-12(19)8-7-11(16)15(22)23/h3-6,11H,2,7-8,16H2,1H3,(H,17,20)(H,22,23)(H,18,19,21)/t11-/m0/s1. The molecule has 0 spiro atoms. The average molecular weight is 321 g/mol. The number of benzene rings is 1. The molecule has 8 heteroatoms. The Morgan fingerprint density at radius 1 is 1.13 bits per heavy atom. The smallest absolute Gasteiger partial charge is 0.320 e. The van der Waals surface area contributed by atoms with Crippen molar-refractivity contribution >= 4 is 23.7 Å². The molecule has 0 aliphatic rings. The Hall–Kier alpha value is -2.74. The maximum Gasteiger partial charge on any atom is 0.320 e. The molecule has 8 nitrogen and oxygen atoms in total. The maximum atomic E-state index is 12.1. The van der Waals surface area contributed by atoms with E-state index in [9.17, 15) is 19.2 Å². The predicted molar refractivity (Wildman–Crippen MR) is 81.8 cm³/mol. The van der Waals surface area contributed by atoms with Gasteiger partial charge in [-0.2, -0.15) is 0 Å². The third kappa shape index (κ3) is 5.51. The van der Waals surface area contributed by atoms with Crippen LogP contribution in [0.3, 0.4) is 0 Å². The molecule has 3 amide bonds. The Bertz CT molecular complexity index is 615. The Morgan fingerprint density at radius 3 is 2.22 bits per heavy atom. The molecule has 1 rings (SSSR count). The van der Waals surface area contributed by atoms with Crippen molar-refractivity contribution in [2.24, 2.45) is 5.73 Å². The summed E-state index contributed by atoms with van der Waals surface area (Å²) in [6, 6.07) is 4.91. The van der Waals surface area contributed by atoms with Gasteiger partial charge < -0.3 is 16.2 Å². The highest BCUT2D eigenvalue weighted by atomic mass is 16.4. The molecule has 0 heterocycles. The van der Waals surface area contributed by atoms with Crippen LogP contribution in [0.25, 0.3) is 0 Å². The van der Waals surface area contributed by atoms with Crippen LogP contribution in [0.5, 0.6) is 0 Å². The molecule has 23 heavy (non-hydrogen) atoms. The van der Waals surface area contributed by atoms with Gasteiger partial charge in [0.1, 0.15) is 6.04 Å². The maximum absolute atomic E-state index is 12.1. The molecule has 1 atom stereocenters. The lowest BCUT2D eigenvalue weighted by molar-refractivity contribution is -0.138. The van der Waals surface area contributed by atoms with Gasteiger partial charge in [0.25, 0.3) is 11.8 Å². The summed E-state index contributed by atoms with van der Waals surface area (Å²) < 4.78 is 0. The number of aliphatic carboxylic acids is 1. The van der Waals surface area contributed by atoms with E-state index >= 15 is 0 Å². The van der Waals surface area contributed by atoms with Crippen molar-refractivity contribution in [2.45, 2.75) is 25.8 Å². The number of hydrogen-bond donors (Lipinski definition) is 4. The molecule has 0 saturated heterocycles. The minimum absolute atomic E-state index is 0.0642. The van der Waals surface area contributed by atoms with Crippen LogP contribution < -0.4 is 16.4 Å². The topological polar surface area (TPSA) is 139 Å². The zero-order valence-corrected chi connectivity index (χ0v) is 12.7. The molecule has 0 bridgehead atoms. The van der Waals surface area contributed by atoms with Gasteiger partial charge in [-0.25, -0.2) is 0 Å². The number of nitrogens with one attached hydrogen (secondary N) is 2. The number of imide groups is 1. The van der Waals surface area contributed by atoms with Crippen molar-refractivity contribution in [2.75, 3.05) is 6.54 Å². The number of rotatable bonds is 7. The number of hydrogen-bond acceptors (Lipinski definition) is 5. The largest absolute Gasteiger partial charge is 0.480 e. The average Bonchev–Trinajstić information content (AvgIpc) is 2.52. The second-order valence-corrected chi connectivity index (χ2v) is 4.77. The third-order valence-corrected chi connectivity index (χ3v) is 3.01. The summed E-state index contributed by atoms with van der Waals surface area (Å²) in [5.74, 6) is -3.01. The zero-order chi connectivity index (χ0) is 17.4. The second kappa shape index (κ2) is 8.64. The fourth-order valence-electron chi connectivity index (χ4n) is 1.80. The summed E-state index contributed by atoms with van der Waals surface area (Å²) in [5, 5.41) is 13.3. The van der Waals surface area contributed by atoms with Crippen LogP contribution in [0.15, 0.2) is 24.3 Å². The van der Waals surface area contributed by atoms with E-state index in [0.29, 0.717) is 6.54 Å². The Morgan fingerprint density at radius 2 is 1.70 bits per heavy atom. The Kier molecular flexibility index (Phi) is 6.88. The first-order valence-corrected chi connectivity index (χ1v) is 7.06. The highest BCUT2D eigenvalue weighted by Gasteiger charge is 2.19. The van der Waals surface area contributed by atoms with E-state index in [-0.39, 0.29) is 24.0 Å². The Labute approximate surface area is 133 Å². The van der Waals surface area contributed by atoms with Crippen molar-refractivity contribution in [3.8, 4) is 0 Å². The van der Waals surface area contributed by atoms with Crippen molar-refractivity contribution < 1.29 is 24.3 Å². The number of carboxylic acid groups (broad SMARTS) is 1. The van der Waals surface area contributed by atoms with E-state index in [1.54, 1.807) is 19.1 Å². The van der Waals surface area contributed by atoms with E-state index in [1.165, 1.54) is 12.1 Å². The molecule has 124 valence electrons. The summed E-state index contributed by atoms with van der Waals surface area (Å²) in [4.78, 5) is 46.2. The molecule has 0 aromatic heterocycles. The quantitative estimate of drug-likeness (QED) is 0.552. The van der Waals surface area contributed by atoms with Crippen LogP contribution >= 0.6 is 0 Å². The third-order valence-electron chi connectivity index (χ3n) is 3.01. The van der Waals surface area contributed by atoms with Gasteiger partial charge >= 0.3 is 5.97 Å². The number of carbonyl (C=O) groups is 4. The summed E-state index contributed by atoms with van der Waals surface area (Å²) >= 11 is 0. The van der Waals surface area contributed by atoms with E-state index in [4.69, 9.17) is 10.8 Å². The molecule has 0 aliphatic heterocycles. The van der Waals surface area contributed by atoms with Crippen LogP contribution in [0, 0.1) is 0 Å². The lowest BCUT2D eigenvalue weighted by atomic mass is 10.1. The van der Waals surface area contributed by atoms with Gasteiger partial charge in [0.05, 0.1) is 11.1 Å². The lowest BCUT2D eigenvalue weighted by Crippen LogP contribution is -2.35. The molecule has 0 saturated carbocycles. The van der Waals surface area contributed by atoms with E-state index < -0.39 is 29.7 Å². The number of carboxylic acids is 1. The van der Waals surface area contributed by atoms with E-state index in [0.717, 1.165) is 0 Å². The molecule has 5 N–H and O–H groups in total. The van der Waals surface area contributed by atoms with Crippen LogP contribution in [0.4, 0.5) is 0 Å². The van der Waals surface area contributed by atoms with Crippen LogP contribution in [-0.4, -0.2) is 41.4 Å². The van der Waals surface area contributed by atoms with Crippen molar-refractivity contribution in [3.63, 3.8) is 0 Å². The minimum Gasteiger partial charge on any atom is -0.480 e. The van der Waals surface area contributed by atoms with Crippen LogP contribution in [0.2, 0.25) is 0 Å². The highest BCUT2D eigenvalue weighted by molar-refractivity contribution is 6.11. The molecular formula is C15H19N3O5. The number of amides is 3. The summed E-state index contributed by atoms with van der Waals surface area (Å²) in [6.45, 7) is 2.15. The van der Waals surface area contributed by atoms with Crippen LogP contribution in [0.1, 0.15) is 40.5 Å². The van der Waals surface area contributed by atoms with Crippen LogP contribution in [-0.2, 0) is 9.59 Å². The van der Waals surface area contributed by atoms with E-state index in [2.05, 4.69) is 10.6 Å². The van der Waals surface area contributed by atoms with Gasteiger partial charge in [0, 0.05) is 13.0 Å². The number of carbonyl (C=O) groups excluding carboxylic acids is 3. The SMILES string of the molecule is CCNC(=O)c1ccccc1C(=O)NC(=O)CC[C@H](N)C(=O)O. The summed E-state index contributed by atoms with van der Waals surface area (Å²) in [6.07, 6.45) is -0.297. The van der Waals surface area contributed by atoms with Gasteiger partial charge in [0.15, 0.2) is 0 Å². The van der Waals surface area contributed by atoms with Gasteiger partial charge in [-0.3, -0.25) is 24.5 Å². The first-order valence-electron chi connectivity index (χ1n) is 7.06. The first-order chi connectivity index (χ1) is 10.9. The highest BCUT2D eigenvalue weighted by Crippen LogP contribution is 2.09. The van der Waals surface area contributed by atoms with Crippen molar-refractivity contribution in [1.29, 1.82) is 0 Å². The van der Waals surface area contributed by atoms with Crippen molar-refractivity contribution in [3.05, 3.63) is 35.4 Å². The van der Waals surface area contributed by atoms with Gasteiger partial charge in [-0.05, 0) is 25.5 Å². The Balaban J connectivity index is 2.73. The zero-order valence-electron chi connectivity index (χ0n) is 12.7. The molecule has 0 fully saturated rings. The number of nitrogens with two attached hydrogens (primary N) is 1. The molecular weight excluding hydrogens is 302 g/mol. The fourth-order valence-corrected chi connectivity index (χ4v) is 1.80. The minimum atomic E-state index is -1.22. The first kappa shape index (κ1) is 18.3. The van der Waals surface area contributed by atoms with E-state index in [1.807, 2.05) is 0 Å². The molecule has 0 unspecified atom stereocenters. The molecule has 0 radical (unpaired) electrons. The second-order valence-electron chi connectivity index (χ2n) is 4.77. The van der Waals surface area contributed by atoms with Gasteiger partial charge in [-0.1, -0.05) is 12.1 Å². The monoisotopic (exact) mass is 321 g/mol. The van der Waals surface area contributed by atoms with Gasteiger partial charge in [0.2, 0.25) is 5.91 Å². The summed E-state index contributed by atoms with van der Waals surface area (Å²) in [5.41, 5.74) is 5.51. The normalized spacial score (nSPS) is 11.4. The predicted octanol–water partition coefficient (Wildman–Crippen LogP) is -0.115. The van der Waals surface area contributed by atoms with Crippen molar-refractivity contribution in [1.82, 2.24) is 10.6 Å². The lowest BCUT2D eigenvalue weighted by Gasteiger charge is -2.10.